The molecule has 0 fully saturated rings. The predicted octanol–water partition coefficient (Wildman–Crippen LogP) is 3.27. The van der Waals surface area contributed by atoms with Crippen molar-refractivity contribution in [3.05, 3.63) is 71.6 Å². The minimum Gasteiger partial charge on any atom is -0.466 e. The van der Waals surface area contributed by atoms with Gasteiger partial charge in [-0.25, -0.2) is 4.79 Å². The van der Waals surface area contributed by atoms with E-state index >= 15 is 0 Å². The molecule has 0 aliphatic heterocycles. The predicted molar refractivity (Wildman–Crippen MR) is 79.0 cm³/mol. The molecule has 0 unspecified atom stereocenters. The summed E-state index contributed by atoms with van der Waals surface area (Å²) in [7, 11) is 1.40. The van der Waals surface area contributed by atoms with E-state index in [9.17, 15) is 4.79 Å². The largest absolute Gasteiger partial charge is 0.466 e. The number of aryl methyl sites for hydroxylation is 1. The third-order valence-electron chi connectivity index (χ3n) is 2.98. The molecule has 102 valence electrons. The van der Waals surface area contributed by atoms with Crippen molar-refractivity contribution in [1.29, 1.82) is 0 Å². The smallest absolute Gasteiger partial charge is 0.333 e. The van der Waals surface area contributed by atoms with Crippen molar-refractivity contribution in [1.82, 2.24) is 4.98 Å². The lowest BCUT2D eigenvalue weighted by Gasteiger charge is -2.06. The highest BCUT2D eigenvalue weighted by atomic mass is 16.5. The molecule has 0 bridgehead atoms. The molecule has 0 atom stereocenters. The molecular formula is C17H17NO2. The Balaban J connectivity index is 2.12. The van der Waals surface area contributed by atoms with E-state index in [0.717, 1.165) is 12.1 Å². The molecule has 1 heterocycles. The second-order valence-electron chi connectivity index (χ2n) is 4.40. The van der Waals surface area contributed by atoms with Crippen molar-refractivity contribution in [3.63, 3.8) is 0 Å². The molecule has 1 aromatic carbocycles. The van der Waals surface area contributed by atoms with Gasteiger partial charge in [0.05, 0.1) is 12.8 Å². The molecule has 0 saturated heterocycles. The number of esters is 1. The molecule has 1 aromatic heterocycles. The number of ether oxygens (including phenoxy) is 1. The highest BCUT2D eigenvalue weighted by Crippen LogP contribution is 2.13. The minimum absolute atomic E-state index is 0.299. The third kappa shape index (κ3) is 4.05. The molecule has 2 aromatic rings. The van der Waals surface area contributed by atoms with Crippen LogP contribution in [0.1, 0.15) is 17.7 Å². The maximum atomic E-state index is 11.8. The Labute approximate surface area is 118 Å². The van der Waals surface area contributed by atoms with Crippen LogP contribution in [0.4, 0.5) is 0 Å². The lowest BCUT2D eigenvalue weighted by atomic mass is 10.0. The second-order valence-corrected chi connectivity index (χ2v) is 4.40. The monoisotopic (exact) mass is 267 g/mol. The first kappa shape index (κ1) is 14.0. The topological polar surface area (TPSA) is 39.2 Å². The molecule has 20 heavy (non-hydrogen) atoms. The van der Waals surface area contributed by atoms with Crippen LogP contribution >= 0.6 is 0 Å². The lowest BCUT2D eigenvalue weighted by Crippen LogP contribution is -2.06. The highest BCUT2D eigenvalue weighted by Gasteiger charge is 2.10. The Morgan fingerprint density at radius 1 is 1.15 bits per heavy atom. The van der Waals surface area contributed by atoms with Gasteiger partial charge >= 0.3 is 5.97 Å². The van der Waals surface area contributed by atoms with Crippen LogP contribution in [0, 0.1) is 0 Å². The molecule has 0 aliphatic rings. The number of benzene rings is 1. The first-order valence-corrected chi connectivity index (χ1v) is 6.53. The summed E-state index contributed by atoms with van der Waals surface area (Å²) >= 11 is 0. The van der Waals surface area contributed by atoms with Gasteiger partial charge in [0.15, 0.2) is 0 Å². The second kappa shape index (κ2) is 7.24. The van der Waals surface area contributed by atoms with Crippen molar-refractivity contribution in [2.75, 3.05) is 7.11 Å². The van der Waals surface area contributed by atoms with E-state index < -0.39 is 0 Å². The number of carbonyl (C=O) groups excluding carboxylic acids is 1. The lowest BCUT2D eigenvalue weighted by molar-refractivity contribution is -0.136. The molecular weight excluding hydrogens is 250 g/mol. The standard InChI is InChI=1S/C17H17NO2/c1-20-17(19)15(13-16-9-5-6-12-18-16)11-10-14-7-3-2-4-8-14/h2-9,12-13H,10-11H2,1H3. The average Bonchev–Trinajstić information content (AvgIpc) is 2.52. The summed E-state index contributed by atoms with van der Waals surface area (Å²) in [6, 6.07) is 15.7. The van der Waals surface area contributed by atoms with Gasteiger partial charge in [-0.3, -0.25) is 4.98 Å². The first-order valence-electron chi connectivity index (χ1n) is 6.53. The van der Waals surface area contributed by atoms with E-state index in [-0.39, 0.29) is 5.97 Å². The van der Waals surface area contributed by atoms with Crippen LogP contribution in [-0.2, 0) is 16.0 Å². The number of methoxy groups -OCH3 is 1. The normalized spacial score (nSPS) is 11.2. The van der Waals surface area contributed by atoms with Gasteiger partial charge in [0.25, 0.3) is 0 Å². The maximum Gasteiger partial charge on any atom is 0.333 e. The molecule has 0 radical (unpaired) electrons. The zero-order valence-corrected chi connectivity index (χ0v) is 11.5. The summed E-state index contributed by atoms with van der Waals surface area (Å²) < 4.78 is 4.84. The zero-order valence-electron chi connectivity index (χ0n) is 11.5. The summed E-state index contributed by atoms with van der Waals surface area (Å²) in [6.07, 6.45) is 4.93. The van der Waals surface area contributed by atoms with Gasteiger partial charge in [-0.15, -0.1) is 0 Å². The SMILES string of the molecule is COC(=O)C(=Cc1ccccn1)CCc1ccccc1. The minimum atomic E-state index is -0.299. The first-order chi connectivity index (χ1) is 9.79. The van der Waals surface area contributed by atoms with Gasteiger partial charge in [0.2, 0.25) is 0 Å². The van der Waals surface area contributed by atoms with Gasteiger partial charge in [0.1, 0.15) is 0 Å². The van der Waals surface area contributed by atoms with E-state index in [1.165, 1.54) is 12.7 Å². The Bertz CT molecular complexity index is 576. The summed E-state index contributed by atoms with van der Waals surface area (Å²) in [5.74, 6) is -0.299. The number of nitrogens with zero attached hydrogens (tertiary/aromatic N) is 1. The number of pyridine rings is 1. The van der Waals surface area contributed by atoms with Crippen LogP contribution in [-0.4, -0.2) is 18.1 Å². The quantitative estimate of drug-likeness (QED) is 0.616. The number of carbonyl (C=O) groups is 1. The highest BCUT2D eigenvalue weighted by molar-refractivity contribution is 5.93. The van der Waals surface area contributed by atoms with Crippen LogP contribution in [0.5, 0.6) is 0 Å². The number of rotatable bonds is 5. The van der Waals surface area contributed by atoms with Crippen LogP contribution in [0.25, 0.3) is 6.08 Å². The fourth-order valence-electron chi connectivity index (χ4n) is 1.93. The van der Waals surface area contributed by atoms with Crippen molar-refractivity contribution in [2.45, 2.75) is 12.8 Å². The van der Waals surface area contributed by atoms with Crippen LogP contribution in [0.3, 0.4) is 0 Å². The molecule has 3 nitrogen and oxygen atoms in total. The average molecular weight is 267 g/mol. The van der Waals surface area contributed by atoms with Crippen molar-refractivity contribution in [3.8, 4) is 0 Å². The van der Waals surface area contributed by atoms with E-state index in [1.807, 2.05) is 36.4 Å². The molecule has 0 amide bonds. The van der Waals surface area contributed by atoms with Crippen LogP contribution in [0.2, 0.25) is 0 Å². The van der Waals surface area contributed by atoms with Gasteiger partial charge in [-0.2, -0.15) is 0 Å². The van der Waals surface area contributed by atoms with Crippen molar-refractivity contribution in [2.24, 2.45) is 0 Å². The van der Waals surface area contributed by atoms with Crippen LogP contribution < -0.4 is 0 Å². The van der Waals surface area contributed by atoms with Gasteiger partial charge in [-0.05, 0) is 36.6 Å². The van der Waals surface area contributed by atoms with E-state index in [1.54, 1.807) is 12.3 Å². The Morgan fingerprint density at radius 3 is 2.55 bits per heavy atom. The molecule has 0 N–H and O–H groups in total. The molecule has 2 rings (SSSR count). The number of hydrogen-bond acceptors (Lipinski definition) is 3. The Hall–Kier alpha value is -2.42. The van der Waals surface area contributed by atoms with E-state index in [0.29, 0.717) is 12.0 Å². The van der Waals surface area contributed by atoms with Crippen molar-refractivity contribution < 1.29 is 9.53 Å². The van der Waals surface area contributed by atoms with Gasteiger partial charge in [0, 0.05) is 11.8 Å². The van der Waals surface area contributed by atoms with E-state index in [4.69, 9.17) is 4.74 Å². The summed E-state index contributed by atoms with van der Waals surface area (Å²) in [5.41, 5.74) is 2.60. The Kier molecular flexibility index (Phi) is 5.07. The van der Waals surface area contributed by atoms with Crippen molar-refractivity contribution >= 4 is 12.0 Å². The number of hydrogen-bond donors (Lipinski definition) is 0. The summed E-state index contributed by atoms with van der Waals surface area (Å²) in [6.45, 7) is 0. The Morgan fingerprint density at radius 2 is 1.90 bits per heavy atom. The van der Waals surface area contributed by atoms with Crippen LogP contribution in [0.15, 0.2) is 60.3 Å². The zero-order chi connectivity index (χ0) is 14.2. The molecule has 0 aliphatic carbocycles. The fourth-order valence-corrected chi connectivity index (χ4v) is 1.93. The van der Waals surface area contributed by atoms with E-state index in [2.05, 4.69) is 17.1 Å². The third-order valence-corrected chi connectivity index (χ3v) is 2.98. The summed E-state index contributed by atoms with van der Waals surface area (Å²) in [5, 5.41) is 0. The van der Waals surface area contributed by atoms with Gasteiger partial charge in [-0.1, -0.05) is 36.4 Å². The molecule has 3 heteroatoms. The molecule has 0 spiro atoms. The molecule has 0 saturated carbocycles. The van der Waals surface area contributed by atoms with Gasteiger partial charge < -0.3 is 4.74 Å². The fraction of sp³-hybridized carbons (Fsp3) is 0.176. The maximum absolute atomic E-state index is 11.8. The number of aromatic nitrogens is 1. The summed E-state index contributed by atoms with van der Waals surface area (Å²) in [4.78, 5) is 16.0.